The van der Waals surface area contributed by atoms with E-state index in [1.54, 1.807) is 12.3 Å². The van der Waals surface area contributed by atoms with Crippen LogP contribution in [0, 0.1) is 0 Å². The third kappa shape index (κ3) is 1.18. The van der Waals surface area contributed by atoms with Crippen LogP contribution < -0.4 is 5.56 Å². The first-order valence-electron chi connectivity index (χ1n) is 4.93. The van der Waals surface area contributed by atoms with Gasteiger partial charge in [-0.3, -0.25) is 4.79 Å². The molecule has 0 aliphatic rings. The van der Waals surface area contributed by atoms with Gasteiger partial charge in [-0.1, -0.05) is 11.6 Å². The van der Waals surface area contributed by atoms with Crippen molar-refractivity contribution in [2.24, 2.45) is 7.05 Å². The molecule has 80 valence electrons. The maximum absolute atomic E-state index is 11.3. The minimum atomic E-state index is -0.0972. The zero-order valence-electron chi connectivity index (χ0n) is 8.62. The molecule has 16 heavy (non-hydrogen) atoms. The van der Waals surface area contributed by atoms with Gasteiger partial charge >= 0.3 is 0 Å². The first-order chi connectivity index (χ1) is 7.66. The second kappa shape index (κ2) is 3.12. The molecule has 0 amide bonds. The number of H-pyrrole nitrogens is 1. The van der Waals surface area contributed by atoms with Crippen LogP contribution in [0.3, 0.4) is 0 Å². The molecule has 2 heterocycles. The van der Waals surface area contributed by atoms with Gasteiger partial charge in [-0.25, -0.2) is 0 Å². The molecule has 0 atom stereocenters. The van der Waals surface area contributed by atoms with Crippen LogP contribution in [0.5, 0.6) is 0 Å². The Morgan fingerprint density at radius 1 is 1.19 bits per heavy atom. The first-order valence-corrected chi connectivity index (χ1v) is 5.31. The summed E-state index contributed by atoms with van der Waals surface area (Å²) in [6.07, 6.45) is 1.73. The third-order valence-corrected chi connectivity index (χ3v) is 3.11. The topological polar surface area (TPSA) is 37.8 Å². The Morgan fingerprint density at radius 2 is 1.94 bits per heavy atom. The van der Waals surface area contributed by atoms with Gasteiger partial charge in [-0.15, -0.1) is 0 Å². The van der Waals surface area contributed by atoms with Crippen LogP contribution in [-0.4, -0.2) is 9.55 Å². The van der Waals surface area contributed by atoms with Gasteiger partial charge in [-0.2, -0.15) is 0 Å². The number of nitrogens with one attached hydrogen (secondary N) is 1. The van der Waals surface area contributed by atoms with Crippen molar-refractivity contribution in [2.45, 2.75) is 0 Å². The van der Waals surface area contributed by atoms with Crippen molar-refractivity contribution in [1.82, 2.24) is 9.55 Å². The molecule has 1 N–H and O–H groups in total. The monoisotopic (exact) mass is 232 g/mol. The number of pyridine rings is 1. The molecule has 0 fully saturated rings. The molecule has 0 unspecified atom stereocenters. The fourth-order valence-corrected chi connectivity index (χ4v) is 2.28. The summed E-state index contributed by atoms with van der Waals surface area (Å²) < 4.78 is 2.04. The minimum Gasteiger partial charge on any atom is -0.342 e. The molecule has 3 aromatic rings. The van der Waals surface area contributed by atoms with Gasteiger partial charge in [0.2, 0.25) is 5.56 Å². The van der Waals surface area contributed by atoms with E-state index < -0.39 is 0 Å². The van der Waals surface area contributed by atoms with Gasteiger partial charge in [0.1, 0.15) is 0 Å². The van der Waals surface area contributed by atoms with Crippen molar-refractivity contribution in [2.75, 3.05) is 0 Å². The Balaban J connectivity index is 2.66. The van der Waals surface area contributed by atoms with Crippen molar-refractivity contribution in [3.8, 4) is 0 Å². The van der Waals surface area contributed by atoms with Gasteiger partial charge in [0, 0.05) is 40.6 Å². The Bertz CT molecular complexity index is 755. The number of hydrogen-bond acceptors (Lipinski definition) is 1. The average Bonchev–Trinajstić information content (AvgIpc) is 2.52. The van der Waals surface area contributed by atoms with Crippen LogP contribution in [0.1, 0.15) is 0 Å². The van der Waals surface area contributed by atoms with Crippen LogP contribution in [0.4, 0.5) is 0 Å². The number of aromatic amines is 1. The molecule has 2 aromatic heterocycles. The fourth-order valence-electron chi connectivity index (χ4n) is 2.10. The molecular weight excluding hydrogens is 224 g/mol. The smallest absolute Gasteiger partial charge is 0.248 e. The molecule has 0 aliphatic carbocycles. The Kier molecular flexibility index (Phi) is 1.85. The van der Waals surface area contributed by atoms with Gasteiger partial charge in [-0.05, 0) is 18.2 Å². The van der Waals surface area contributed by atoms with E-state index in [1.165, 1.54) is 0 Å². The number of nitrogens with zero attached hydrogens (tertiary/aromatic N) is 1. The number of benzene rings is 1. The quantitative estimate of drug-likeness (QED) is 0.636. The van der Waals surface area contributed by atoms with Crippen molar-refractivity contribution < 1.29 is 0 Å². The standard InChI is InChI=1S/C12H9ClN2O/c1-15-10-3-2-7(13)4-8(10)9-5-12(16)14-6-11(9)15/h2-6H,1H3,(H,14,16). The number of halogens is 1. The average molecular weight is 233 g/mol. The SMILES string of the molecule is Cn1c2ccc(Cl)cc2c2cc(=O)[nH]cc21. The molecule has 0 spiro atoms. The highest BCUT2D eigenvalue weighted by Gasteiger charge is 2.08. The molecule has 0 aliphatic heterocycles. The van der Waals surface area contributed by atoms with Crippen LogP contribution in [0.15, 0.2) is 35.3 Å². The predicted molar refractivity (Wildman–Crippen MR) is 66.1 cm³/mol. The number of hydrogen-bond donors (Lipinski definition) is 1. The van der Waals surface area contributed by atoms with Crippen molar-refractivity contribution >= 4 is 33.4 Å². The Morgan fingerprint density at radius 3 is 2.75 bits per heavy atom. The lowest BCUT2D eigenvalue weighted by Crippen LogP contribution is -2.01. The number of aryl methyl sites for hydroxylation is 1. The molecule has 0 radical (unpaired) electrons. The second-order valence-electron chi connectivity index (χ2n) is 3.82. The first kappa shape index (κ1) is 9.48. The summed E-state index contributed by atoms with van der Waals surface area (Å²) in [6, 6.07) is 7.30. The Labute approximate surface area is 96.3 Å². The van der Waals surface area contributed by atoms with Crippen molar-refractivity contribution in [3.05, 3.63) is 45.8 Å². The summed E-state index contributed by atoms with van der Waals surface area (Å²) in [5.74, 6) is 0. The van der Waals surface area contributed by atoms with E-state index in [2.05, 4.69) is 4.98 Å². The predicted octanol–water partition coefficient (Wildman–Crippen LogP) is 2.67. The molecule has 1 aromatic carbocycles. The molecule has 3 nitrogen and oxygen atoms in total. The summed E-state index contributed by atoms with van der Waals surface area (Å²) in [5.41, 5.74) is 1.97. The largest absolute Gasteiger partial charge is 0.342 e. The van der Waals surface area contributed by atoms with E-state index in [0.717, 1.165) is 21.8 Å². The van der Waals surface area contributed by atoms with E-state index in [4.69, 9.17) is 11.6 Å². The van der Waals surface area contributed by atoms with E-state index >= 15 is 0 Å². The summed E-state index contributed by atoms with van der Waals surface area (Å²) >= 11 is 5.97. The van der Waals surface area contributed by atoms with Crippen LogP contribution in [0.25, 0.3) is 21.8 Å². The summed E-state index contributed by atoms with van der Waals surface area (Å²) in [7, 11) is 1.97. The number of rotatable bonds is 0. The van der Waals surface area contributed by atoms with Gasteiger partial charge < -0.3 is 9.55 Å². The summed E-state index contributed by atoms with van der Waals surface area (Å²) in [6.45, 7) is 0. The van der Waals surface area contributed by atoms with Crippen molar-refractivity contribution in [3.63, 3.8) is 0 Å². The molecule has 4 heteroatoms. The highest BCUT2D eigenvalue weighted by molar-refractivity contribution is 6.31. The number of aromatic nitrogens is 2. The highest BCUT2D eigenvalue weighted by atomic mass is 35.5. The van der Waals surface area contributed by atoms with Crippen LogP contribution >= 0.6 is 11.6 Å². The van der Waals surface area contributed by atoms with Crippen LogP contribution in [0.2, 0.25) is 5.02 Å². The lowest BCUT2D eigenvalue weighted by atomic mass is 10.2. The van der Waals surface area contributed by atoms with Crippen molar-refractivity contribution in [1.29, 1.82) is 0 Å². The normalized spacial score (nSPS) is 11.4. The minimum absolute atomic E-state index is 0.0972. The number of fused-ring (bicyclic) bond motifs is 3. The van der Waals surface area contributed by atoms with E-state index in [-0.39, 0.29) is 5.56 Å². The fraction of sp³-hybridized carbons (Fsp3) is 0.0833. The maximum atomic E-state index is 11.3. The lowest BCUT2D eigenvalue weighted by molar-refractivity contribution is 1.01. The Hall–Kier alpha value is -1.74. The molecule has 0 saturated heterocycles. The van der Waals surface area contributed by atoms with Crippen LogP contribution in [-0.2, 0) is 7.05 Å². The zero-order valence-corrected chi connectivity index (χ0v) is 9.38. The van der Waals surface area contributed by atoms with Gasteiger partial charge in [0.15, 0.2) is 0 Å². The van der Waals surface area contributed by atoms with E-state index in [9.17, 15) is 4.79 Å². The molecule has 0 saturated carbocycles. The summed E-state index contributed by atoms with van der Waals surface area (Å²) in [5, 5.41) is 2.63. The van der Waals surface area contributed by atoms with Gasteiger partial charge in [0.25, 0.3) is 0 Å². The maximum Gasteiger partial charge on any atom is 0.248 e. The van der Waals surface area contributed by atoms with E-state index in [0.29, 0.717) is 5.02 Å². The van der Waals surface area contributed by atoms with Gasteiger partial charge in [0.05, 0.1) is 5.52 Å². The third-order valence-electron chi connectivity index (χ3n) is 2.87. The lowest BCUT2D eigenvalue weighted by Gasteiger charge is -1.96. The summed E-state index contributed by atoms with van der Waals surface area (Å²) in [4.78, 5) is 14.0. The zero-order chi connectivity index (χ0) is 11.3. The second-order valence-corrected chi connectivity index (χ2v) is 4.25. The molecular formula is C12H9ClN2O. The highest BCUT2D eigenvalue weighted by Crippen LogP contribution is 2.28. The van der Waals surface area contributed by atoms with E-state index in [1.807, 2.05) is 29.8 Å². The molecule has 0 bridgehead atoms. The molecule has 3 rings (SSSR count).